The normalized spacial score (nSPS) is 11.2. The van der Waals surface area contributed by atoms with Gasteiger partial charge in [-0.1, -0.05) is 43.3 Å². The van der Waals surface area contributed by atoms with Crippen molar-refractivity contribution in [3.8, 4) is 11.5 Å². The van der Waals surface area contributed by atoms with E-state index in [1.165, 1.54) is 0 Å². The van der Waals surface area contributed by atoms with Gasteiger partial charge in [-0.15, -0.1) is 0 Å². The highest BCUT2D eigenvalue weighted by Gasteiger charge is 2.35. The molecule has 0 amide bonds. The molecule has 0 N–H and O–H groups in total. The fourth-order valence-corrected chi connectivity index (χ4v) is 4.53. The molecule has 0 spiro atoms. The Kier molecular flexibility index (Phi) is 6.49. The van der Waals surface area contributed by atoms with Gasteiger partial charge in [-0.25, -0.2) is 0 Å². The highest BCUT2D eigenvalue weighted by Crippen LogP contribution is 2.18. The van der Waals surface area contributed by atoms with Gasteiger partial charge in [-0.3, -0.25) is 0 Å². The minimum absolute atomic E-state index is 0.605. The third-order valence-electron chi connectivity index (χ3n) is 3.59. The number of benzene rings is 2. The molecule has 0 radical (unpaired) electrons. The van der Waals surface area contributed by atoms with Crippen molar-refractivity contribution < 1.29 is 13.9 Å². The van der Waals surface area contributed by atoms with Crippen LogP contribution in [0.3, 0.4) is 0 Å². The molecule has 0 atom stereocenters. The number of hydrogen-bond donors (Lipinski definition) is 0. The third-order valence-corrected chi connectivity index (χ3v) is 7.12. The van der Waals surface area contributed by atoms with E-state index in [1.54, 1.807) is 0 Å². The Morgan fingerprint density at radius 3 is 1.55 bits per heavy atom. The predicted molar refractivity (Wildman–Crippen MR) is 91.7 cm³/mol. The number of para-hydroxylation sites is 2. The monoisotopic (exact) mass is 316 g/mol. The van der Waals surface area contributed by atoms with Crippen molar-refractivity contribution in [2.24, 2.45) is 0 Å². The van der Waals surface area contributed by atoms with Crippen molar-refractivity contribution in [1.82, 2.24) is 0 Å². The summed E-state index contributed by atoms with van der Waals surface area (Å²) in [5.41, 5.74) is 0. The minimum Gasteiger partial charge on any atom is -0.494 e. The smallest absolute Gasteiger partial charge is 0.267 e. The summed E-state index contributed by atoms with van der Waals surface area (Å²) in [5, 5.41) is 0. The summed E-state index contributed by atoms with van der Waals surface area (Å²) in [5.74, 6) is 1.76. The van der Waals surface area contributed by atoms with Gasteiger partial charge in [0.1, 0.15) is 24.0 Å². The quantitative estimate of drug-likeness (QED) is 0.648. The first-order chi connectivity index (χ1) is 10.8. The Labute approximate surface area is 134 Å². The van der Waals surface area contributed by atoms with Crippen LogP contribution in [0, 0.1) is 0 Å². The molecular formula is C18H24O3Si. The molecule has 2 aromatic rings. The summed E-state index contributed by atoms with van der Waals surface area (Å²) < 4.78 is 18.0. The molecule has 0 aliphatic heterocycles. The maximum Gasteiger partial charge on any atom is 0.267 e. The van der Waals surface area contributed by atoms with Crippen molar-refractivity contribution in [2.75, 3.05) is 19.1 Å². The lowest BCUT2D eigenvalue weighted by Gasteiger charge is -2.29. The third kappa shape index (κ3) is 4.89. The first kappa shape index (κ1) is 16.6. The fraction of sp³-hybridized carbons (Fsp3) is 0.333. The van der Waals surface area contributed by atoms with Gasteiger partial charge in [0, 0.05) is 6.61 Å². The molecule has 118 valence electrons. The predicted octanol–water partition coefficient (Wildman–Crippen LogP) is 4.22. The van der Waals surface area contributed by atoms with Gasteiger partial charge < -0.3 is 13.9 Å². The van der Waals surface area contributed by atoms with Crippen LogP contribution in [0.1, 0.15) is 13.8 Å². The Balaban J connectivity index is 1.99. The molecule has 4 heteroatoms. The van der Waals surface area contributed by atoms with Crippen molar-refractivity contribution >= 4 is 8.32 Å². The second kappa shape index (κ2) is 8.61. The fourth-order valence-electron chi connectivity index (χ4n) is 2.20. The molecule has 2 rings (SSSR count). The van der Waals surface area contributed by atoms with Crippen LogP contribution in [-0.2, 0) is 4.43 Å². The van der Waals surface area contributed by atoms with Crippen LogP contribution < -0.4 is 9.47 Å². The topological polar surface area (TPSA) is 27.7 Å². The summed E-state index contributed by atoms with van der Waals surface area (Å²) in [6.07, 6.45) is 1.21. The van der Waals surface area contributed by atoms with Crippen LogP contribution >= 0.6 is 0 Å². The standard InChI is InChI=1S/C18H24O3Si/c1-3-21-22(4-2,15-19-17-11-7-5-8-12-17)16-20-18-13-9-6-10-14-18/h5-14H,3-4,15-16H2,1-2H3. The van der Waals surface area contributed by atoms with Gasteiger partial charge in [-0.05, 0) is 37.2 Å². The molecule has 0 fully saturated rings. The van der Waals surface area contributed by atoms with Crippen LogP contribution in [0.2, 0.25) is 6.04 Å². The summed E-state index contributed by atoms with van der Waals surface area (Å²) in [4.78, 5) is 0. The van der Waals surface area contributed by atoms with Crippen molar-refractivity contribution in [2.45, 2.75) is 19.9 Å². The van der Waals surface area contributed by atoms with E-state index in [1.807, 2.05) is 67.6 Å². The first-order valence-electron chi connectivity index (χ1n) is 7.77. The zero-order valence-electron chi connectivity index (χ0n) is 13.3. The van der Waals surface area contributed by atoms with Gasteiger partial charge >= 0.3 is 0 Å². The molecule has 0 saturated carbocycles. The van der Waals surface area contributed by atoms with E-state index in [9.17, 15) is 0 Å². The van der Waals surface area contributed by atoms with Gasteiger partial charge in [-0.2, -0.15) is 0 Å². The summed E-state index contributed by atoms with van der Waals surface area (Å²) in [6.45, 7) is 4.88. The molecule has 0 heterocycles. The Morgan fingerprint density at radius 1 is 0.727 bits per heavy atom. The molecule has 0 unspecified atom stereocenters. The molecule has 3 nitrogen and oxygen atoms in total. The SMILES string of the molecule is CCO[Si](CC)(COc1ccccc1)COc1ccccc1. The molecular weight excluding hydrogens is 292 g/mol. The van der Waals surface area contributed by atoms with Crippen molar-refractivity contribution in [3.63, 3.8) is 0 Å². The van der Waals surface area contributed by atoms with Crippen LogP contribution in [0.25, 0.3) is 0 Å². The van der Waals surface area contributed by atoms with Gasteiger partial charge in [0.15, 0.2) is 0 Å². The van der Waals surface area contributed by atoms with E-state index in [0.717, 1.165) is 17.5 Å². The lowest BCUT2D eigenvalue weighted by Crippen LogP contribution is -2.50. The summed E-state index contributed by atoms with van der Waals surface area (Å²) in [7, 11) is -2.08. The summed E-state index contributed by atoms with van der Waals surface area (Å²) >= 11 is 0. The van der Waals surface area contributed by atoms with E-state index >= 15 is 0 Å². The molecule has 0 saturated heterocycles. The Morgan fingerprint density at radius 2 is 1.18 bits per heavy atom. The maximum absolute atomic E-state index is 6.11. The van der Waals surface area contributed by atoms with Crippen LogP contribution in [0.5, 0.6) is 11.5 Å². The molecule has 0 bridgehead atoms. The van der Waals surface area contributed by atoms with Crippen molar-refractivity contribution in [3.05, 3.63) is 60.7 Å². The molecule has 22 heavy (non-hydrogen) atoms. The van der Waals surface area contributed by atoms with E-state index in [2.05, 4.69) is 6.92 Å². The van der Waals surface area contributed by atoms with Gasteiger partial charge in [0.25, 0.3) is 8.32 Å². The second-order valence-corrected chi connectivity index (χ2v) is 9.11. The highest BCUT2D eigenvalue weighted by atomic mass is 28.4. The largest absolute Gasteiger partial charge is 0.494 e. The van der Waals surface area contributed by atoms with Crippen LogP contribution in [0.15, 0.2) is 60.7 Å². The molecule has 0 aliphatic carbocycles. The number of hydrogen-bond acceptors (Lipinski definition) is 3. The van der Waals surface area contributed by atoms with E-state index in [-0.39, 0.29) is 0 Å². The zero-order valence-corrected chi connectivity index (χ0v) is 14.3. The molecule has 2 aromatic carbocycles. The first-order valence-corrected chi connectivity index (χ1v) is 10.3. The number of rotatable bonds is 9. The van der Waals surface area contributed by atoms with E-state index < -0.39 is 8.32 Å². The lowest BCUT2D eigenvalue weighted by molar-refractivity contribution is 0.244. The molecule has 0 aromatic heterocycles. The lowest BCUT2D eigenvalue weighted by atomic mass is 10.3. The van der Waals surface area contributed by atoms with E-state index in [4.69, 9.17) is 13.9 Å². The molecule has 0 aliphatic rings. The zero-order chi connectivity index (χ0) is 15.7. The Bertz CT molecular complexity index is 487. The van der Waals surface area contributed by atoms with Crippen LogP contribution in [-0.4, -0.2) is 27.4 Å². The minimum atomic E-state index is -2.08. The average molecular weight is 316 g/mol. The van der Waals surface area contributed by atoms with Crippen LogP contribution in [0.4, 0.5) is 0 Å². The second-order valence-electron chi connectivity index (χ2n) is 5.17. The number of ether oxygens (including phenoxy) is 2. The summed E-state index contributed by atoms with van der Waals surface area (Å²) in [6, 6.07) is 20.7. The van der Waals surface area contributed by atoms with E-state index in [0.29, 0.717) is 19.1 Å². The van der Waals surface area contributed by atoms with Gasteiger partial charge in [0.05, 0.1) is 0 Å². The highest BCUT2D eigenvalue weighted by molar-refractivity contribution is 6.73. The van der Waals surface area contributed by atoms with Gasteiger partial charge in [0.2, 0.25) is 0 Å². The Hall–Kier alpha value is -1.78. The van der Waals surface area contributed by atoms with Crippen molar-refractivity contribution in [1.29, 1.82) is 0 Å². The maximum atomic E-state index is 6.11. The average Bonchev–Trinajstić information content (AvgIpc) is 2.59.